The number of ether oxygens (including phenoxy) is 2. The van der Waals surface area contributed by atoms with Gasteiger partial charge in [0.15, 0.2) is 0 Å². The van der Waals surface area contributed by atoms with E-state index in [2.05, 4.69) is 34.6 Å². The van der Waals surface area contributed by atoms with Gasteiger partial charge in [0.25, 0.3) is 0 Å². The van der Waals surface area contributed by atoms with Crippen LogP contribution < -0.4 is 0 Å². The molecule has 0 amide bonds. The van der Waals surface area contributed by atoms with Crippen molar-refractivity contribution in [2.24, 2.45) is 28.6 Å². The maximum atomic E-state index is 11.9. The normalized spacial score (nSPS) is 54.7. The van der Waals surface area contributed by atoms with Gasteiger partial charge in [0.05, 0.1) is 12.0 Å². The molecule has 2 aliphatic carbocycles. The second-order valence-corrected chi connectivity index (χ2v) is 10.0. The molecule has 0 aromatic rings. The van der Waals surface area contributed by atoms with E-state index in [1.807, 2.05) is 0 Å². The molecule has 0 unspecified atom stereocenters. The van der Waals surface area contributed by atoms with Crippen LogP contribution in [0.3, 0.4) is 0 Å². The molecular formula is C20H32O3. The molecule has 130 valence electrons. The lowest BCUT2D eigenvalue weighted by Crippen LogP contribution is -2.55. The topological polar surface area (TPSA) is 35.5 Å². The van der Waals surface area contributed by atoms with Crippen LogP contribution in [0.2, 0.25) is 0 Å². The Morgan fingerprint density at radius 1 is 1.04 bits per heavy atom. The number of hydrogen-bond donors (Lipinski definition) is 0. The standard InChI is InChI=1S/C20H32O3/c1-13-11-16(21)22-20(13)12-15-18(4)9-6-8-17(2,3)14(18)7-10-19(15,5)23-20/h13-15H,6-12H2,1-5H3/t13-,14+,15-,18+,19-,20+/m1/s1. The van der Waals surface area contributed by atoms with E-state index in [-0.39, 0.29) is 17.5 Å². The van der Waals surface area contributed by atoms with Crippen molar-refractivity contribution in [3.05, 3.63) is 0 Å². The van der Waals surface area contributed by atoms with Gasteiger partial charge < -0.3 is 9.47 Å². The summed E-state index contributed by atoms with van der Waals surface area (Å²) in [6.07, 6.45) is 7.71. The molecule has 0 aromatic heterocycles. The second-order valence-electron chi connectivity index (χ2n) is 10.0. The average Bonchev–Trinajstić information content (AvgIpc) is 2.86. The van der Waals surface area contributed by atoms with Gasteiger partial charge >= 0.3 is 5.97 Å². The van der Waals surface area contributed by atoms with Crippen LogP contribution in [0.15, 0.2) is 0 Å². The Bertz CT molecular complexity index is 541. The Kier molecular flexibility index (Phi) is 3.14. The maximum Gasteiger partial charge on any atom is 0.308 e. The van der Waals surface area contributed by atoms with E-state index in [1.54, 1.807) is 0 Å². The van der Waals surface area contributed by atoms with Crippen LogP contribution in [-0.4, -0.2) is 17.4 Å². The van der Waals surface area contributed by atoms with Crippen molar-refractivity contribution < 1.29 is 14.3 Å². The fourth-order valence-electron chi connectivity index (χ4n) is 7.00. The molecule has 0 bridgehead atoms. The van der Waals surface area contributed by atoms with E-state index in [1.165, 1.54) is 25.7 Å². The highest BCUT2D eigenvalue weighted by atomic mass is 16.7. The zero-order chi connectivity index (χ0) is 16.7. The number of rotatable bonds is 0. The van der Waals surface area contributed by atoms with E-state index in [4.69, 9.17) is 9.47 Å². The summed E-state index contributed by atoms with van der Waals surface area (Å²) >= 11 is 0. The van der Waals surface area contributed by atoms with Crippen molar-refractivity contribution in [3.8, 4) is 0 Å². The van der Waals surface area contributed by atoms with Crippen molar-refractivity contribution in [1.29, 1.82) is 0 Å². The van der Waals surface area contributed by atoms with Crippen molar-refractivity contribution >= 4 is 5.97 Å². The smallest absolute Gasteiger partial charge is 0.308 e. The minimum Gasteiger partial charge on any atom is -0.433 e. The van der Waals surface area contributed by atoms with E-state index in [0.29, 0.717) is 23.2 Å². The van der Waals surface area contributed by atoms with Gasteiger partial charge in [-0.05, 0) is 55.3 Å². The lowest BCUT2D eigenvalue weighted by atomic mass is 9.45. The number of carbonyl (C=O) groups excluding carboxylic acids is 1. The Morgan fingerprint density at radius 3 is 2.43 bits per heavy atom. The Morgan fingerprint density at radius 2 is 1.78 bits per heavy atom. The number of fused-ring (bicyclic) bond motifs is 3. The van der Waals surface area contributed by atoms with Crippen LogP contribution in [-0.2, 0) is 14.3 Å². The van der Waals surface area contributed by atoms with Crippen molar-refractivity contribution in [1.82, 2.24) is 0 Å². The SMILES string of the molecule is C[C@@H]1CC(=O)O[C@]12C[C@@H]1[C@@]3(C)CCCC(C)(C)[C@@H]3CC[C@@]1(C)O2. The summed E-state index contributed by atoms with van der Waals surface area (Å²) in [5.41, 5.74) is 0.604. The van der Waals surface area contributed by atoms with E-state index >= 15 is 0 Å². The molecule has 1 spiro atoms. The van der Waals surface area contributed by atoms with Gasteiger partial charge in [-0.3, -0.25) is 4.79 Å². The molecule has 6 atom stereocenters. The van der Waals surface area contributed by atoms with Gasteiger partial charge in [-0.1, -0.05) is 34.1 Å². The first-order chi connectivity index (χ1) is 10.6. The second kappa shape index (κ2) is 4.53. The first-order valence-electron chi connectivity index (χ1n) is 9.53. The molecule has 4 fully saturated rings. The highest BCUT2D eigenvalue weighted by Crippen LogP contribution is 2.68. The molecule has 0 N–H and O–H groups in total. The zero-order valence-electron chi connectivity index (χ0n) is 15.4. The molecule has 4 aliphatic rings. The van der Waals surface area contributed by atoms with Crippen LogP contribution in [0.4, 0.5) is 0 Å². The van der Waals surface area contributed by atoms with Crippen LogP contribution in [0.25, 0.3) is 0 Å². The quantitative estimate of drug-likeness (QED) is 0.608. The third-order valence-corrected chi connectivity index (χ3v) is 8.14. The van der Waals surface area contributed by atoms with Crippen LogP contribution >= 0.6 is 0 Å². The fourth-order valence-corrected chi connectivity index (χ4v) is 7.00. The Balaban J connectivity index is 1.72. The number of carbonyl (C=O) groups is 1. The van der Waals surface area contributed by atoms with E-state index in [9.17, 15) is 4.79 Å². The summed E-state index contributed by atoms with van der Waals surface area (Å²) < 4.78 is 12.4. The molecule has 3 heteroatoms. The molecule has 3 nitrogen and oxygen atoms in total. The van der Waals surface area contributed by atoms with E-state index in [0.717, 1.165) is 18.8 Å². The average molecular weight is 320 g/mol. The van der Waals surface area contributed by atoms with Gasteiger partial charge in [-0.25, -0.2) is 0 Å². The number of hydrogen-bond acceptors (Lipinski definition) is 3. The third kappa shape index (κ3) is 2.01. The fraction of sp³-hybridized carbons (Fsp3) is 0.950. The summed E-state index contributed by atoms with van der Waals surface area (Å²) in [5, 5.41) is 0. The summed E-state index contributed by atoms with van der Waals surface area (Å²) in [4.78, 5) is 11.9. The molecule has 23 heavy (non-hydrogen) atoms. The zero-order valence-corrected chi connectivity index (χ0v) is 15.4. The molecule has 4 rings (SSSR count). The van der Waals surface area contributed by atoms with Gasteiger partial charge in [-0.2, -0.15) is 0 Å². The summed E-state index contributed by atoms with van der Waals surface area (Å²) in [7, 11) is 0. The van der Waals surface area contributed by atoms with E-state index < -0.39 is 5.79 Å². The molecule has 2 heterocycles. The van der Waals surface area contributed by atoms with Crippen LogP contribution in [0.5, 0.6) is 0 Å². The molecule has 0 radical (unpaired) electrons. The highest BCUT2D eigenvalue weighted by molar-refractivity contribution is 5.72. The van der Waals surface area contributed by atoms with Gasteiger partial charge in [0.2, 0.25) is 5.79 Å². The Labute approximate surface area is 140 Å². The van der Waals surface area contributed by atoms with Gasteiger partial charge in [-0.15, -0.1) is 0 Å². The third-order valence-electron chi connectivity index (χ3n) is 8.14. The molecule has 2 saturated heterocycles. The monoisotopic (exact) mass is 320 g/mol. The largest absolute Gasteiger partial charge is 0.433 e. The first kappa shape index (κ1) is 15.9. The minimum atomic E-state index is -0.643. The molecule has 2 aliphatic heterocycles. The molecule has 2 saturated carbocycles. The van der Waals surface area contributed by atoms with Crippen LogP contribution in [0, 0.1) is 28.6 Å². The van der Waals surface area contributed by atoms with Gasteiger partial charge in [0, 0.05) is 12.3 Å². The first-order valence-corrected chi connectivity index (χ1v) is 9.53. The number of esters is 1. The lowest BCUT2D eigenvalue weighted by molar-refractivity contribution is -0.248. The lowest BCUT2D eigenvalue weighted by Gasteiger charge is -2.60. The maximum absolute atomic E-state index is 11.9. The van der Waals surface area contributed by atoms with Crippen molar-refractivity contribution in [3.63, 3.8) is 0 Å². The predicted molar refractivity (Wildman–Crippen MR) is 88.7 cm³/mol. The van der Waals surface area contributed by atoms with Crippen LogP contribution in [0.1, 0.15) is 79.6 Å². The highest BCUT2D eigenvalue weighted by Gasteiger charge is 2.68. The minimum absolute atomic E-state index is 0.0783. The van der Waals surface area contributed by atoms with Crippen molar-refractivity contribution in [2.45, 2.75) is 91.0 Å². The predicted octanol–water partition coefficient (Wildman–Crippen LogP) is 4.69. The molecule has 0 aromatic carbocycles. The summed E-state index contributed by atoms with van der Waals surface area (Å²) in [5.74, 6) is 0.715. The van der Waals surface area contributed by atoms with Crippen molar-refractivity contribution in [2.75, 3.05) is 0 Å². The van der Waals surface area contributed by atoms with Gasteiger partial charge in [0.1, 0.15) is 0 Å². The molecular weight excluding hydrogens is 288 g/mol. The summed E-state index contributed by atoms with van der Waals surface area (Å²) in [6.45, 7) is 11.8. The summed E-state index contributed by atoms with van der Waals surface area (Å²) in [6, 6.07) is 0. The Hall–Kier alpha value is -0.570.